The Morgan fingerprint density at radius 2 is 1.95 bits per heavy atom. The van der Waals surface area contributed by atoms with E-state index in [1.807, 2.05) is 0 Å². The molecule has 17 heteroatoms. The van der Waals surface area contributed by atoms with E-state index in [1.54, 1.807) is 12.1 Å². The fourth-order valence-electron chi connectivity index (χ4n) is 4.11. The number of aromatic nitrogens is 4. The molecule has 5 atom stereocenters. The SMILES string of the molecule is CC(=O)NC(Cc1ccc(O)cc1)C(=O)NC1[C@@H](O)[C@H](n2cnc3c(N)ncnc32)O[C@@H]1COP(=O)(O)O. The van der Waals surface area contributed by atoms with E-state index in [9.17, 15) is 34.2 Å². The summed E-state index contributed by atoms with van der Waals surface area (Å²) in [7, 11) is -4.92. The summed E-state index contributed by atoms with van der Waals surface area (Å²) in [4.78, 5) is 55.5. The minimum absolute atomic E-state index is 0.0264. The van der Waals surface area contributed by atoms with Gasteiger partial charge in [-0.2, -0.15) is 0 Å². The van der Waals surface area contributed by atoms with Gasteiger partial charge in [0.15, 0.2) is 17.7 Å². The summed E-state index contributed by atoms with van der Waals surface area (Å²) in [5.74, 6) is -1.09. The molecule has 16 nitrogen and oxygen atoms in total. The predicted octanol–water partition coefficient (Wildman–Crippen LogP) is -1.29. The number of nitrogens with two attached hydrogens (primary N) is 1. The number of nitrogens with one attached hydrogen (secondary N) is 2. The van der Waals surface area contributed by atoms with Crippen LogP contribution in [-0.2, 0) is 29.8 Å². The number of phosphoric acid groups is 1. The number of hydrogen-bond acceptors (Lipinski definition) is 11. The fourth-order valence-corrected chi connectivity index (χ4v) is 4.45. The van der Waals surface area contributed by atoms with Crippen LogP contribution >= 0.6 is 7.82 Å². The second-order valence-electron chi connectivity index (χ2n) is 8.58. The zero-order valence-electron chi connectivity index (χ0n) is 19.9. The summed E-state index contributed by atoms with van der Waals surface area (Å²) >= 11 is 0. The van der Waals surface area contributed by atoms with Crippen molar-refractivity contribution in [1.29, 1.82) is 0 Å². The van der Waals surface area contributed by atoms with Crippen LogP contribution in [0.15, 0.2) is 36.9 Å². The van der Waals surface area contributed by atoms with E-state index in [2.05, 4.69) is 30.1 Å². The third-order valence-corrected chi connectivity index (χ3v) is 6.31. The van der Waals surface area contributed by atoms with Crippen LogP contribution in [0.25, 0.3) is 11.2 Å². The minimum Gasteiger partial charge on any atom is -0.508 e. The van der Waals surface area contributed by atoms with Crippen LogP contribution in [0.5, 0.6) is 5.75 Å². The first-order valence-corrected chi connectivity index (χ1v) is 12.8. The monoisotopic (exact) mass is 551 g/mol. The van der Waals surface area contributed by atoms with E-state index in [0.29, 0.717) is 5.56 Å². The molecule has 3 aromatic rings. The fraction of sp³-hybridized carbons (Fsp3) is 0.381. The van der Waals surface area contributed by atoms with Gasteiger partial charge in [-0.3, -0.25) is 18.7 Å². The molecule has 2 amide bonds. The van der Waals surface area contributed by atoms with Gasteiger partial charge in [-0.05, 0) is 17.7 Å². The molecule has 2 aromatic heterocycles. The van der Waals surface area contributed by atoms with Crippen LogP contribution in [0, 0.1) is 0 Å². The van der Waals surface area contributed by atoms with Crippen LogP contribution in [0.4, 0.5) is 5.82 Å². The third kappa shape index (κ3) is 6.24. The number of phenolic OH excluding ortho intramolecular Hbond substituents is 1. The Bertz CT molecular complexity index is 1360. The number of carbonyl (C=O) groups excluding carboxylic acids is 2. The van der Waals surface area contributed by atoms with Crippen molar-refractivity contribution in [2.75, 3.05) is 12.3 Å². The van der Waals surface area contributed by atoms with Gasteiger partial charge in [0.05, 0.1) is 19.0 Å². The number of amides is 2. The van der Waals surface area contributed by atoms with E-state index in [1.165, 1.54) is 36.3 Å². The number of nitrogens with zero attached hydrogens (tertiary/aromatic N) is 4. The summed E-state index contributed by atoms with van der Waals surface area (Å²) in [6, 6.07) is 3.70. The Morgan fingerprint density at radius 1 is 1.24 bits per heavy atom. The molecule has 1 aromatic carbocycles. The molecular weight excluding hydrogens is 525 g/mol. The van der Waals surface area contributed by atoms with E-state index < -0.39 is 56.8 Å². The van der Waals surface area contributed by atoms with E-state index in [4.69, 9.17) is 10.5 Å². The average Bonchev–Trinajstić information content (AvgIpc) is 3.40. The number of carbonyl (C=O) groups is 2. The van der Waals surface area contributed by atoms with E-state index in [0.717, 1.165) is 0 Å². The number of rotatable bonds is 9. The van der Waals surface area contributed by atoms with Gasteiger partial charge in [-0.1, -0.05) is 12.1 Å². The predicted molar refractivity (Wildman–Crippen MR) is 129 cm³/mol. The second-order valence-corrected chi connectivity index (χ2v) is 9.82. The lowest BCUT2D eigenvalue weighted by atomic mass is 10.0. The minimum atomic E-state index is -4.92. The molecule has 0 spiro atoms. The average molecular weight is 551 g/mol. The molecule has 1 fully saturated rings. The number of hydrogen-bond donors (Lipinski definition) is 7. The zero-order chi connectivity index (χ0) is 27.6. The van der Waals surface area contributed by atoms with Gasteiger partial charge in [0.2, 0.25) is 11.8 Å². The molecule has 1 aliphatic rings. The Balaban J connectivity index is 1.59. The van der Waals surface area contributed by atoms with Gasteiger partial charge in [-0.25, -0.2) is 19.5 Å². The summed E-state index contributed by atoms with van der Waals surface area (Å²) in [5.41, 5.74) is 6.90. The molecule has 38 heavy (non-hydrogen) atoms. The first-order chi connectivity index (χ1) is 17.9. The highest BCUT2D eigenvalue weighted by atomic mass is 31.2. The van der Waals surface area contributed by atoms with Gasteiger partial charge in [0.1, 0.15) is 35.8 Å². The van der Waals surface area contributed by atoms with E-state index in [-0.39, 0.29) is 29.2 Å². The molecule has 204 valence electrons. The van der Waals surface area contributed by atoms with Crippen molar-refractivity contribution in [3.63, 3.8) is 0 Å². The molecule has 3 heterocycles. The second kappa shape index (κ2) is 11.0. The largest absolute Gasteiger partial charge is 0.508 e. The maximum Gasteiger partial charge on any atom is 0.469 e. The number of phosphoric ester groups is 1. The molecule has 0 bridgehead atoms. The van der Waals surface area contributed by atoms with Crippen LogP contribution in [0.2, 0.25) is 0 Å². The first kappa shape index (κ1) is 27.4. The summed E-state index contributed by atoms with van der Waals surface area (Å²) in [5, 5.41) is 25.8. The lowest BCUT2D eigenvalue weighted by molar-refractivity contribution is -0.129. The number of ether oxygens (including phenoxy) is 1. The van der Waals surface area contributed by atoms with Crippen molar-refractivity contribution in [3.8, 4) is 5.75 Å². The maximum atomic E-state index is 13.3. The molecule has 0 aliphatic carbocycles. The number of anilines is 1. The number of aromatic hydroxyl groups is 1. The van der Waals surface area contributed by atoms with Crippen LogP contribution in [-0.4, -0.2) is 82.2 Å². The molecule has 4 rings (SSSR count). The molecule has 8 N–H and O–H groups in total. The standard InChI is InChI=1S/C21H26N7O9P/c1-10(29)26-13(6-11-2-4-12(30)5-3-11)20(32)27-15-14(7-36-38(33,34)35)37-21(17(15)31)28-9-25-16-18(22)23-8-24-19(16)28/h2-5,8-9,13-15,17,21,30-31H,6-7H2,1H3,(H,26,29)(H,27,32)(H2,22,23,24)(H2,33,34,35)/t13?,14-,15?,17-,21-/m1/s1. The van der Waals surface area contributed by atoms with Crippen LogP contribution in [0.1, 0.15) is 18.7 Å². The highest BCUT2D eigenvalue weighted by Gasteiger charge is 2.47. The highest BCUT2D eigenvalue weighted by Crippen LogP contribution is 2.39. The normalized spacial score (nSPS) is 22.3. The van der Waals surface area contributed by atoms with Crippen molar-refractivity contribution < 1.29 is 43.4 Å². The van der Waals surface area contributed by atoms with Crippen LogP contribution in [0.3, 0.4) is 0 Å². The number of phenols is 1. The Morgan fingerprint density at radius 3 is 2.61 bits per heavy atom. The lowest BCUT2D eigenvalue weighted by Gasteiger charge is -2.25. The first-order valence-electron chi connectivity index (χ1n) is 11.2. The number of aliphatic hydroxyl groups excluding tert-OH is 1. The number of aliphatic hydroxyl groups is 1. The van der Waals surface area contributed by atoms with Crippen molar-refractivity contribution in [2.45, 2.75) is 43.9 Å². The van der Waals surface area contributed by atoms with Gasteiger partial charge in [-0.15, -0.1) is 0 Å². The quantitative estimate of drug-likeness (QED) is 0.153. The zero-order valence-corrected chi connectivity index (χ0v) is 20.8. The maximum absolute atomic E-state index is 13.3. The molecule has 2 unspecified atom stereocenters. The third-order valence-electron chi connectivity index (χ3n) is 5.82. The van der Waals surface area contributed by atoms with Crippen molar-refractivity contribution in [2.24, 2.45) is 0 Å². The van der Waals surface area contributed by atoms with Crippen molar-refractivity contribution >= 4 is 36.6 Å². The van der Waals surface area contributed by atoms with Crippen molar-refractivity contribution in [1.82, 2.24) is 30.2 Å². The lowest BCUT2D eigenvalue weighted by Crippen LogP contribution is -2.55. The number of nitrogen functional groups attached to an aromatic ring is 1. The van der Waals surface area contributed by atoms with Gasteiger partial charge in [0.25, 0.3) is 0 Å². The number of imidazole rings is 1. The molecular formula is C21H26N7O9P. The van der Waals surface area contributed by atoms with Gasteiger partial charge in [0, 0.05) is 13.3 Å². The van der Waals surface area contributed by atoms with Gasteiger partial charge < -0.3 is 41.1 Å². The topological polar surface area (TPSA) is 244 Å². The number of benzene rings is 1. The molecule has 1 aliphatic heterocycles. The van der Waals surface area contributed by atoms with Gasteiger partial charge >= 0.3 is 7.82 Å². The van der Waals surface area contributed by atoms with E-state index >= 15 is 0 Å². The Kier molecular flexibility index (Phi) is 7.91. The Labute approximate surface area is 215 Å². The summed E-state index contributed by atoms with van der Waals surface area (Å²) in [6.07, 6.45) is -1.38. The summed E-state index contributed by atoms with van der Waals surface area (Å²) in [6.45, 7) is 0.546. The molecule has 0 radical (unpaired) electrons. The number of fused-ring (bicyclic) bond motifs is 1. The summed E-state index contributed by atoms with van der Waals surface area (Å²) < 4.78 is 23.1. The molecule has 1 saturated heterocycles. The van der Waals surface area contributed by atoms with Crippen molar-refractivity contribution in [3.05, 3.63) is 42.5 Å². The highest BCUT2D eigenvalue weighted by molar-refractivity contribution is 7.46. The smallest absolute Gasteiger partial charge is 0.469 e. The molecule has 0 saturated carbocycles. The van der Waals surface area contributed by atoms with Crippen LogP contribution < -0.4 is 16.4 Å². The Hall–Kier alpha value is -3.66.